The predicted molar refractivity (Wildman–Crippen MR) is 95.6 cm³/mol. The summed E-state index contributed by atoms with van der Waals surface area (Å²) in [5, 5.41) is 4.32. The third-order valence-corrected chi connectivity index (χ3v) is 4.11. The van der Waals surface area contributed by atoms with Crippen LogP contribution < -0.4 is 0 Å². The summed E-state index contributed by atoms with van der Waals surface area (Å²) in [7, 11) is 3.71. The Bertz CT molecular complexity index is 835. The predicted octanol–water partition coefficient (Wildman–Crippen LogP) is 3.67. The molecule has 2 aromatic carbocycles. The average Bonchev–Trinajstić information content (AvgIpc) is 2.92. The Kier molecular flexibility index (Phi) is 4.47. The van der Waals surface area contributed by atoms with Gasteiger partial charge in [0.1, 0.15) is 0 Å². The lowest BCUT2D eigenvalue weighted by Gasteiger charge is -2.17. The Hall–Kier alpha value is -2.88. The van der Waals surface area contributed by atoms with E-state index in [2.05, 4.69) is 17.2 Å². The lowest BCUT2D eigenvalue weighted by Crippen LogP contribution is -2.26. The summed E-state index contributed by atoms with van der Waals surface area (Å²) in [6, 6.07) is 17.9. The Morgan fingerprint density at radius 2 is 1.67 bits per heavy atom. The smallest absolute Gasteiger partial charge is 0.253 e. The third kappa shape index (κ3) is 3.38. The molecule has 0 aliphatic carbocycles. The van der Waals surface area contributed by atoms with Gasteiger partial charge >= 0.3 is 0 Å². The van der Waals surface area contributed by atoms with Crippen molar-refractivity contribution >= 4 is 5.91 Å². The highest BCUT2D eigenvalue weighted by molar-refractivity contribution is 5.94. The van der Waals surface area contributed by atoms with Crippen LogP contribution in [0.1, 0.15) is 21.6 Å². The second kappa shape index (κ2) is 6.71. The van der Waals surface area contributed by atoms with Gasteiger partial charge < -0.3 is 4.90 Å². The minimum Gasteiger partial charge on any atom is -0.337 e. The molecule has 24 heavy (non-hydrogen) atoms. The largest absolute Gasteiger partial charge is 0.337 e. The van der Waals surface area contributed by atoms with E-state index in [4.69, 9.17) is 0 Å². The molecule has 0 N–H and O–H groups in total. The number of carbonyl (C=O) groups is 1. The zero-order valence-corrected chi connectivity index (χ0v) is 14.2. The summed E-state index contributed by atoms with van der Waals surface area (Å²) in [5.41, 5.74) is 4.97. The van der Waals surface area contributed by atoms with Crippen molar-refractivity contribution in [3.63, 3.8) is 0 Å². The summed E-state index contributed by atoms with van der Waals surface area (Å²) in [6.45, 7) is 2.52. The molecule has 1 heterocycles. The van der Waals surface area contributed by atoms with E-state index in [1.54, 1.807) is 9.58 Å². The first-order chi connectivity index (χ1) is 11.5. The van der Waals surface area contributed by atoms with Crippen LogP contribution in [-0.2, 0) is 13.6 Å². The molecule has 0 bridgehead atoms. The van der Waals surface area contributed by atoms with Gasteiger partial charge in [-0.2, -0.15) is 5.10 Å². The molecule has 1 amide bonds. The zero-order chi connectivity index (χ0) is 17.1. The van der Waals surface area contributed by atoms with Crippen LogP contribution in [0.5, 0.6) is 0 Å². The number of aryl methyl sites for hydroxylation is 2. The SMILES string of the molecule is Cc1nn(C)cc1CN(C)C(=O)c1ccc(-c2ccccc2)cc1. The van der Waals surface area contributed by atoms with Crippen LogP contribution in [0.15, 0.2) is 60.8 Å². The van der Waals surface area contributed by atoms with Gasteiger partial charge in [-0.1, -0.05) is 42.5 Å². The first kappa shape index (κ1) is 16.0. The molecule has 0 saturated heterocycles. The fourth-order valence-corrected chi connectivity index (χ4v) is 2.79. The number of carbonyl (C=O) groups excluding carboxylic acids is 1. The highest BCUT2D eigenvalue weighted by Gasteiger charge is 2.14. The molecule has 0 atom stereocenters. The van der Waals surface area contributed by atoms with Crippen LogP contribution in [0, 0.1) is 6.92 Å². The van der Waals surface area contributed by atoms with Crippen LogP contribution in [0.25, 0.3) is 11.1 Å². The molecule has 0 aliphatic heterocycles. The summed E-state index contributed by atoms with van der Waals surface area (Å²) in [6.07, 6.45) is 1.96. The van der Waals surface area contributed by atoms with E-state index in [1.807, 2.05) is 69.7 Å². The van der Waals surface area contributed by atoms with Crippen LogP contribution in [0.4, 0.5) is 0 Å². The van der Waals surface area contributed by atoms with Crippen molar-refractivity contribution in [2.24, 2.45) is 7.05 Å². The molecule has 0 fully saturated rings. The van der Waals surface area contributed by atoms with Crippen LogP contribution in [-0.4, -0.2) is 27.6 Å². The van der Waals surface area contributed by atoms with Gasteiger partial charge in [0.2, 0.25) is 0 Å². The van der Waals surface area contributed by atoms with Crippen molar-refractivity contribution in [3.05, 3.63) is 77.6 Å². The van der Waals surface area contributed by atoms with E-state index < -0.39 is 0 Å². The maximum Gasteiger partial charge on any atom is 0.253 e. The second-order valence-electron chi connectivity index (χ2n) is 6.02. The van der Waals surface area contributed by atoms with E-state index in [9.17, 15) is 4.79 Å². The van der Waals surface area contributed by atoms with Crippen LogP contribution in [0.3, 0.4) is 0 Å². The van der Waals surface area contributed by atoms with Crippen molar-refractivity contribution in [2.45, 2.75) is 13.5 Å². The van der Waals surface area contributed by atoms with E-state index in [1.165, 1.54) is 0 Å². The number of hydrogen-bond donors (Lipinski definition) is 0. The highest BCUT2D eigenvalue weighted by Crippen LogP contribution is 2.20. The van der Waals surface area contributed by atoms with Gasteiger partial charge in [0.05, 0.1) is 5.69 Å². The monoisotopic (exact) mass is 319 g/mol. The maximum absolute atomic E-state index is 12.6. The Balaban J connectivity index is 1.74. The van der Waals surface area contributed by atoms with E-state index in [0.29, 0.717) is 12.1 Å². The van der Waals surface area contributed by atoms with Crippen molar-refractivity contribution in [1.82, 2.24) is 14.7 Å². The van der Waals surface area contributed by atoms with Crippen molar-refractivity contribution < 1.29 is 4.79 Å². The van der Waals surface area contributed by atoms with Gasteiger partial charge in [-0.25, -0.2) is 0 Å². The number of benzene rings is 2. The Morgan fingerprint density at radius 1 is 1.04 bits per heavy atom. The summed E-state index contributed by atoms with van der Waals surface area (Å²) >= 11 is 0. The van der Waals surface area contributed by atoms with Crippen LogP contribution >= 0.6 is 0 Å². The molecule has 3 aromatic rings. The minimum absolute atomic E-state index is 0.0119. The topological polar surface area (TPSA) is 38.1 Å². The van der Waals surface area contributed by atoms with E-state index in [0.717, 1.165) is 22.4 Å². The first-order valence-electron chi connectivity index (χ1n) is 7.94. The second-order valence-corrected chi connectivity index (χ2v) is 6.02. The molecule has 3 rings (SSSR count). The van der Waals surface area contributed by atoms with Gasteiger partial charge in [-0.05, 0) is 30.2 Å². The zero-order valence-electron chi connectivity index (χ0n) is 14.2. The molecule has 0 spiro atoms. The summed E-state index contributed by atoms with van der Waals surface area (Å²) in [5.74, 6) is 0.0119. The number of amides is 1. The quantitative estimate of drug-likeness (QED) is 0.736. The van der Waals surface area contributed by atoms with Crippen molar-refractivity contribution in [2.75, 3.05) is 7.05 Å². The van der Waals surface area contributed by atoms with E-state index in [-0.39, 0.29) is 5.91 Å². The lowest BCUT2D eigenvalue weighted by atomic mass is 10.0. The molecule has 1 aromatic heterocycles. The van der Waals surface area contributed by atoms with Crippen molar-refractivity contribution in [1.29, 1.82) is 0 Å². The number of hydrogen-bond acceptors (Lipinski definition) is 2. The fourth-order valence-electron chi connectivity index (χ4n) is 2.79. The Morgan fingerprint density at radius 3 is 2.25 bits per heavy atom. The molecule has 0 unspecified atom stereocenters. The Labute approximate surface area is 142 Å². The van der Waals surface area contributed by atoms with E-state index >= 15 is 0 Å². The molecule has 0 saturated carbocycles. The molecule has 4 heteroatoms. The normalized spacial score (nSPS) is 10.6. The first-order valence-corrected chi connectivity index (χ1v) is 7.94. The molecule has 0 radical (unpaired) electrons. The van der Waals surface area contributed by atoms with Crippen LogP contribution in [0.2, 0.25) is 0 Å². The standard InChI is InChI=1S/C20H21N3O/c1-15-19(14-23(3)21-15)13-22(2)20(24)18-11-9-17(10-12-18)16-7-5-4-6-8-16/h4-12,14H,13H2,1-3H3. The van der Waals surface area contributed by atoms with Crippen molar-refractivity contribution in [3.8, 4) is 11.1 Å². The van der Waals surface area contributed by atoms with Gasteiger partial charge in [-0.15, -0.1) is 0 Å². The molecular formula is C20H21N3O. The highest BCUT2D eigenvalue weighted by atomic mass is 16.2. The summed E-state index contributed by atoms with van der Waals surface area (Å²) in [4.78, 5) is 14.3. The molecule has 4 nitrogen and oxygen atoms in total. The number of rotatable bonds is 4. The van der Waals surface area contributed by atoms with Gasteiger partial charge in [-0.3, -0.25) is 9.48 Å². The lowest BCUT2D eigenvalue weighted by molar-refractivity contribution is 0.0785. The van der Waals surface area contributed by atoms with Gasteiger partial charge in [0.15, 0.2) is 0 Å². The minimum atomic E-state index is 0.0119. The third-order valence-electron chi connectivity index (χ3n) is 4.11. The maximum atomic E-state index is 12.6. The number of nitrogens with zero attached hydrogens (tertiary/aromatic N) is 3. The fraction of sp³-hybridized carbons (Fsp3) is 0.200. The van der Waals surface area contributed by atoms with Gasteiger partial charge in [0.25, 0.3) is 5.91 Å². The molecular weight excluding hydrogens is 298 g/mol. The average molecular weight is 319 g/mol. The molecule has 122 valence electrons. The summed E-state index contributed by atoms with van der Waals surface area (Å²) < 4.78 is 1.78. The van der Waals surface area contributed by atoms with Gasteiger partial charge in [0, 0.05) is 38.0 Å². The molecule has 0 aliphatic rings. The number of aromatic nitrogens is 2.